The lowest BCUT2D eigenvalue weighted by Gasteiger charge is -2.49. The van der Waals surface area contributed by atoms with Crippen LogP contribution in [0.2, 0.25) is 0 Å². The van der Waals surface area contributed by atoms with E-state index in [4.69, 9.17) is 0 Å². The van der Waals surface area contributed by atoms with Crippen LogP contribution in [-0.4, -0.2) is 39.4 Å². The molecule has 0 aliphatic carbocycles. The highest BCUT2D eigenvalue weighted by Gasteiger charge is 2.38. The van der Waals surface area contributed by atoms with Gasteiger partial charge in [0.25, 0.3) is 0 Å². The fraction of sp³-hybridized carbons (Fsp3) is 0.824. The quantitative estimate of drug-likeness (QED) is 0.904. The molecule has 1 aromatic heterocycles. The van der Waals surface area contributed by atoms with Gasteiger partial charge in [-0.15, -0.1) is 0 Å². The highest BCUT2D eigenvalue weighted by atomic mass is 15.3. The SMILES string of the molecule is CCNC1CC2CCCC(C1)N2Cc1cn(C)nc1CC. The molecule has 1 aromatic rings. The van der Waals surface area contributed by atoms with Gasteiger partial charge in [-0.1, -0.05) is 20.3 Å². The van der Waals surface area contributed by atoms with Crippen molar-refractivity contribution in [1.29, 1.82) is 0 Å². The zero-order valence-electron chi connectivity index (χ0n) is 13.8. The van der Waals surface area contributed by atoms with Gasteiger partial charge in [0.1, 0.15) is 0 Å². The van der Waals surface area contributed by atoms with Crippen LogP contribution in [0.25, 0.3) is 0 Å². The van der Waals surface area contributed by atoms with Crippen LogP contribution in [0.15, 0.2) is 6.20 Å². The van der Waals surface area contributed by atoms with Crippen molar-refractivity contribution in [3.8, 4) is 0 Å². The summed E-state index contributed by atoms with van der Waals surface area (Å²) in [4.78, 5) is 2.79. The third-order valence-electron chi connectivity index (χ3n) is 5.30. The number of aromatic nitrogens is 2. The lowest BCUT2D eigenvalue weighted by atomic mass is 9.81. The predicted octanol–water partition coefficient (Wildman–Crippen LogP) is 2.48. The van der Waals surface area contributed by atoms with Gasteiger partial charge in [0.2, 0.25) is 0 Å². The molecular formula is C17H30N4. The molecule has 2 atom stereocenters. The Kier molecular flexibility index (Phi) is 4.65. The van der Waals surface area contributed by atoms with Gasteiger partial charge in [-0.2, -0.15) is 5.10 Å². The van der Waals surface area contributed by atoms with Crippen molar-refractivity contribution in [2.75, 3.05) is 6.54 Å². The molecule has 2 aliphatic rings. The molecule has 2 saturated heterocycles. The Labute approximate surface area is 128 Å². The second-order valence-corrected chi connectivity index (χ2v) is 6.77. The monoisotopic (exact) mass is 290 g/mol. The number of rotatable bonds is 5. The van der Waals surface area contributed by atoms with Crippen molar-refractivity contribution in [3.05, 3.63) is 17.5 Å². The van der Waals surface area contributed by atoms with Crippen molar-refractivity contribution in [1.82, 2.24) is 20.0 Å². The van der Waals surface area contributed by atoms with Gasteiger partial charge in [-0.05, 0) is 38.6 Å². The molecule has 3 heterocycles. The third kappa shape index (κ3) is 3.16. The molecule has 2 fully saturated rings. The molecule has 2 bridgehead atoms. The second kappa shape index (κ2) is 6.49. The van der Waals surface area contributed by atoms with E-state index in [0.29, 0.717) is 0 Å². The van der Waals surface area contributed by atoms with E-state index in [1.54, 1.807) is 0 Å². The van der Waals surface area contributed by atoms with Gasteiger partial charge in [-0.3, -0.25) is 9.58 Å². The maximum Gasteiger partial charge on any atom is 0.0666 e. The number of aryl methyl sites for hydroxylation is 2. The van der Waals surface area contributed by atoms with Gasteiger partial charge in [0.15, 0.2) is 0 Å². The minimum atomic E-state index is 0.737. The molecule has 4 heteroatoms. The zero-order chi connectivity index (χ0) is 14.8. The smallest absolute Gasteiger partial charge is 0.0666 e. The lowest BCUT2D eigenvalue weighted by molar-refractivity contribution is 0.0178. The second-order valence-electron chi connectivity index (χ2n) is 6.77. The van der Waals surface area contributed by atoms with E-state index in [9.17, 15) is 0 Å². The predicted molar refractivity (Wildman–Crippen MR) is 86.3 cm³/mol. The maximum atomic E-state index is 4.61. The Morgan fingerprint density at radius 1 is 1.24 bits per heavy atom. The van der Waals surface area contributed by atoms with E-state index in [2.05, 4.69) is 35.4 Å². The van der Waals surface area contributed by atoms with Crippen LogP contribution in [0.1, 0.15) is 57.2 Å². The Balaban J connectivity index is 1.73. The topological polar surface area (TPSA) is 33.1 Å². The van der Waals surface area contributed by atoms with Gasteiger partial charge >= 0.3 is 0 Å². The number of hydrogen-bond acceptors (Lipinski definition) is 3. The Hall–Kier alpha value is -0.870. The first kappa shape index (κ1) is 15.0. The summed E-state index contributed by atoms with van der Waals surface area (Å²) < 4.78 is 1.98. The normalized spacial score (nSPS) is 29.8. The van der Waals surface area contributed by atoms with Crippen molar-refractivity contribution >= 4 is 0 Å². The van der Waals surface area contributed by atoms with Crippen molar-refractivity contribution in [2.24, 2.45) is 7.05 Å². The fourth-order valence-corrected chi connectivity index (χ4v) is 4.40. The van der Waals surface area contributed by atoms with Gasteiger partial charge < -0.3 is 5.32 Å². The molecule has 21 heavy (non-hydrogen) atoms. The molecule has 0 aromatic carbocycles. The van der Waals surface area contributed by atoms with Crippen LogP contribution >= 0.6 is 0 Å². The van der Waals surface area contributed by atoms with Gasteiger partial charge in [0, 0.05) is 43.5 Å². The summed E-state index contributed by atoms with van der Waals surface area (Å²) in [7, 11) is 2.04. The van der Waals surface area contributed by atoms with Crippen LogP contribution in [0.4, 0.5) is 0 Å². The molecule has 2 unspecified atom stereocenters. The molecule has 118 valence electrons. The molecule has 0 saturated carbocycles. The number of nitrogens with zero attached hydrogens (tertiary/aromatic N) is 3. The number of nitrogens with one attached hydrogen (secondary N) is 1. The van der Waals surface area contributed by atoms with Crippen LogP contribution in [0.3, 0.4) is 0 Å². The summed E-state index contributed by atoms with van der Waals surface area (Å²) in [5, 5.41) is 8.29. The third-order valence-corrected chi connectivity index (χ3v) is 5.30. The average molecular weight is 290 g/mol. The van der Waals surface area contributed by atoms with Crippen LogP contribution in [0.5, 0.6) is 0 Å². The molecule has 0 spiro atoms. The molecule has 1 N–H and O–H groups in total. The van der Waals surface area contributed by atoms with Gasteiger partial charge in [0.05, 0.1) is 5.69 Å². The number of hydrogen-bond donors (Lipinski definition) is 1. The van der Waals surface area contributed by atoms with Crippen molar-refractivity contribution in [3.63, 3.8) is 0 Å². The first-order valence-corrected chi connectivity index (χ1v) is 8.71. The summed E-state index contributed by atoms with van der Waals surface area (Å²) in [6.07, 6.45) is 10.1. The molecule has 0 amide bonds. The minimum absolute atomic E-state index is 0.737. The molecule has 3 rings (SSSR count). The summed E-state index contributed by atoms with van der Waals surface area (Å²) in [5.41, 5.74) is 2.73. The van der Waals surface area contributed by atoms with E-state index >= 15 is 0 Å². The molecular weight excluding hydrogens is 260 g/mol. The largest absolute Gasteiger partial charge is 0.314 e. The molecule has 0 radical (unpaired) electrons. The maximum absolute atomic E-state index is 4.61. The van der Waals surface area contributed by atoms with E-state index in [1.165, 1.54) is 43.4 Å². The van der Waals surface area contributed by atoms with E-state index in [-0.39, 0.29) is 0 Å². The first-order chi connectivity index (χ1) is 10.2. The lowest BCUT2D eigenvalue weighted by Crippen LogP contribution is -2.55. The van der Waals surface area contributed by atoms with Crippen LogP contribution in [-0.2, 0) is 20.0 Å². The zero-order valence-corrected chi connectivity index (χ0v) is 13.8. The molecule has 4 nitrogen and oxygen atoms in total. The number of fused-ring (bicyclic) bond motifs is 2. The minimum Gasteiger partial charge on any atom is -0.314 e. The Bertz CT molecular complexity index is 453. The van der Waals surface area contributed by atoms with E-state index in [0.717, 1.165) is 37.6 Å². The average Bonchev–Trinajstić information content (AvgIpc) is 2.80. The van der Waals surface area contributed by atoms with Gasteiger partial charge in [-0.25, -0.2) is 0 Å². The molecule has 2 aliphatic heterocycles. The Morgan fingerprint density at radius 3 is 2.57 bits per heavy atom. The highest BCUT2D eigenvalue weighted by Crippen LogP contribution is 2.35. The summed E-state index contributed by atoms with van der Waals surface area (Å²) in [6.45, 7) is 6.65. The summed E-state index contributed by atoms with van der Waals surface area (Å²) >= 11 is 0. The van der Waals surface area contributed by atoms with Crippen molar-refractivity contribution in [2.45, 2.75) is 77.0 Å². The fourth-order valence-electron chi connectivity index (χ4n) is 4.40. The number of piperidine rings is 2. The van der Waals surface area contributed by atoms with Crippen LogP contribution in [0, 0.1) is 0 Å². The Morgan fingerprint density at radius 2 is 1.95 bits per heavy atom. The first-order valence-electron chi connectivity index (χ1n) is 8.71. The summed E-state index contributed by atoms with van der Waals surface area (Å²) in [5.74, 6) is 0. The highest BCUT2D eigenvalue weighted by molar-refractivity contribution is 5.17. The van der Waals surface area contributed by atoms with Crippen molar-refractivity contribution < 1.29 is 0 Å². The van der Waals surface area contributed by atoms with E-state index in [1.807, 2.05) is 11.7 Å². The summed E-state index contributed by atoms with van der Waals surface area (Å²) in [6, 6.07) is 2.28. The van der Waals surface area contributed by atoms with Crippen LogP contribution < -0.4 is 5.32 Å². The van der Waals surface area contributed by atoms with E-state index < -0.39 is 0 Å². The standard InChI is InChI=1S/C17H30N4/c1-4-17-13(11-20(3)19-17)12-21-15-7-6-8-16(21)10-14(9-15)18-5-2/h11,14-16,18H,4-10,12H2,1-3H3.